The number of thiocarbonyl (C=S) groups is 1. The Bertz CT molecular complexity index is 1480. The first kappa shape index (κ1) is 30.3. The average Bonchev–Trinajstić information content (AvgIpc) is 2.88. The highest BCUT2D eigenvalue weighted by molar-refractivity contribution is 7.80. The average molecular weight is 600 g/mol. The lowest BCUT2D eigenvalue weighted by Gasteiger charge is -2.25. The summed E-state index contributed by atoms with van der Waals surface area (Å²) >= 11 is 11.3. The molecule has 0 saturated carbocycles. The molecule has 1 unspecified atom stereocenters. The van der Waals surface area contributed by atoms with Gasteiger partial charge in [-0.2, -0.15) is 23.7 Å². The van der Waals surface area contributed by atoms with E-state index in [0.717, 1.165) is 42.5 Å². The van der Waals surface area contributed by atoms with Gasteiger partial charge in [0.1, 0.15) is 23.1 Å². The van der Waals surface area contributed by atoms with Gasteiger partial charge in [-0.15, -0.1) is 13.2 Å². The van der Waals surface area contributed by atoms with Crippen LogP contribution in [0.5, 0.6) is 23.0 Å². The van der Waals surface area contributed by atoms with Crippen LogP contribution in [-0.4, -0.2) is 23.5 Å². The largest absolute Gasteiger partial charge is 0.573 e. The van der Waals surface area contributed by atoms with Gasteiger partial charge < -0.3 is 19.5 Å². The van der Waals surface area contributed by atoms with Crippen molar-refractivity contribution in [2.75, 3.05) is 6.61 Å². The van der Waals surface area contributed by atoms with Crippen LogP contribution in [0, 0.1) is 22.7 Å². The SMILES string of the molecule is CC(C#N)(COc1cc(C#N)ccc1Oc1ccc(OC(F)(F)F)cc1Cl)NC(=S)c1ccc(C(F)(F)F)cc1. The maximum atomic E-state index is 12.8. The van der Waals surface area contributed by atoms with Crippen molar-refractivity contribution >= 4 is 28.8 Å². The molecule has 1 N–H and O–H groups in total. The Kier molecular flexibility index (Phi) is 9.03. The summed E-state index contributed by atoms with van der Waals surface area (Å²) in [6, 6.07) is 15.0. The summed E-state index contributed by atoms with van der Waals surface area (Å²) in [6.07, 6.45) is -9.44. The zero-order valence-electron chi connectivity index (χ0n) is 20.2. The summed E-state index contributed by atoms with van der Waals surface area (Å²) in [5.74, 6) is -0.637. The van der Waals surface area contributed by atoms with Gasteiger partial charge in [0.05, 0.1) is 28.3 Å². The second-order valence-corrected chi connectivity index (χ2v) is 9.09. The van der Waals surface area contributed by atoms with E-state index in [1.54, 1.807) is 0 Å². The minimum atomic E-state index is -4.92. The Balaban J connectivity index is 1.78. The third kappa shape index (κ3) is 8.15. The van der Waals surface area contributed by atoms with Gasteiger partial charge in [0, 0.05) is 17.7 Å². The number of hydrogen-bond acceptors (Lipinski definition) is 6. The Morgan fingerprint density at radius 2 is 1.57 bits per heavy atom. The molecule has 0 aromatic heterocycles. The number of halogens is 7. The molecule has 0 bridgehead atoms. The van der Waals surface area contributed by atoms with E-state index in [1.165, 1.54) is 25.1 Å². The molecule has 0 aliphatic carbocycles. The van der Waals surface area contributed by atoms with E-state index in [1.807, 2.05) is 12.1 Å². The van der Waals surface area contributed by atoms with Crippen molar-refractivity contribution in [2.45, 2.75) is 25.0 Å². The van der Waals surface area contributed by atoms with Crippen molar-refractivity contribution < 1.29 is 40.6 Å². The first-order chi connectivity index (χ1) is 18.6. The highest BCUT2D eigenvalue weighted by atomic mass is 35.5. The summed E-state index contributed by atoms with van der Waals surface area (Å²) in [4.78, 5) is -0.0171. The maximum Gasteiger partial charge on any atom is 0.573 e. The topological polar surface area (TPSA) is 87.3 Å². The predicted octanol–water partition coefficient (Wildman–Crippen LogP) is 7.55. The number of nitriles is 2. The molecule has 208 valence electrons. The standard InChI is InChI=1S/C26H16ClF6N3O3S/c1-24(13-35,36-23(40)16-3-5-17(6-4-16)25(28,29)30)14-37-22-10-15(12-34)2-8-21(22)38-20-9-7-18(11-19(20)27)39-26(31,32)33/h2-11H,14H2,1H3,(H,36,40). The maximum absolute atomic E-state index is 12.8. The highest BCUT2D eigenvalue weighted by Gasteiger charge is 2.32. The van der Waals surface area contributed by atoms with E-state index < -0.39 is 29.4 Å². The summed E-state index contributed by atoms with van der Waals surface area (Å²) in [5, 5.41) is 21.6. The van der Waals surface area contributed by atoms with Crippen LogP contribution in [0.15, 0.2) is 60.7 Å². The van der Waals surface area contributed by atoms with Crippen molar-refractivity contribution in [1.29, 1.82) is 10.5 Å². The first-order valence-corrected chi connectivity index (χ1v) is 11.7. The van der Waals surface area contributed by atoms with Crippen LogP contribution in [0.1, 0.15) is 23.6 Å². The molecule has 3 aromatic rings. The highest BCUT2D eigenvalue weighted by Crippen LogP contribution is 2.38. The number of benzene rings is 3. The molecule has 40 heavy (non-hydrogen) atoms. The minimum absolute atomic E-state index is 0.0102. The smallest absolute Gasteiger partial charge is 0.486 e. The number of alkyl halides is 6. The summed E-state index contributed by atoms with van der Waals surface area (Å²) in [5.41, 5.74) is -1.96. The van der Waals surface area contributed by atoms with Gasteiger partial charge in [0.25, 0.3) is 0 Å². The fourth-order valence-corrected chi connectivity index (χ4v) is 3.68. The Morgan fingerprint density at radius 3 is 2.12 bits per heavy atom. The van der Waals surface area contributed by atoms with Gasteiger partial charge in [-0.3, -0.25) is 0 Å². The Labute approximate surface area is 234 Å². The van der Waals surface area contributed by atoms with Crippen molar-refractivity contribution in [3.63, 3.8) is 0 Å². The van der Waals surface area contributed by atoms with Crippen LogP contribution in [-0.2, 0) is 6.18 Å². The summed E-state index contributed by atoms with van der Waals surface area (Å²) < 4.78 is 91.2. The molecule has 0 aliphatic rings. The minimum Gasteiger partial charge on any atom is -0.486 e. The second-order valence-electron chi connectivity index (χ2n) is 8.28. The normalized spacial score (nSPS) is 12.8. The zero-order valence-corrected chi connectivity index (χ0v) is 21.7. The molecule has 3 rings (SSSR count). The van der Waals surface area contributed by atoms with Crippen LogP contribution < -0.4 is 19.5 Å². The van der Waals surface area contributed by atoms with Crippen LogP contribution >= 0.6 is 23.8 Å². The molecule has 0 aliphatic heterocycles. The van der Waals surface area contributed by atoms with Gasteiger partial charge in [-0.25, -0.2) is 0 Å². The molecule has 3 aromatic carbocycles. The molecule has 0 saturated heterocycles. The monoisotopic (exact) mass is 599 g/mol. The molecular formula is C26H16ClF6N3O3S. The fraction of sp³-hybridized carbons (Fsp3) is 0.192. The Morgan fingerprint density at radius 1 is 0.925 bits per heavy atom. The van der Waals surface area contributed by atoms with Crippen LogP contribution in [0.4, 0.5) is 26.3 Å². The van der Waals surface area contributed by atoms with Crippen molar-refractivity contribution in [1.82, 2.24) is 5.32 Å². The molecule has 0 amide bonds. The van der Waals surface area contributed by atoms with Gasteiger partial charge in [0.2, 0.25) is 0 Å². The molecule has 0 spiro atoms. The lowest BCUT2D eigenvalue weighted by molar-refractivity contribution is -0.274. The first-order valence-electron chi connectivity index (χ1n) is 10.9. The third-order valence-corrected chi connectivity index (χ3v) is 5.69. The third-order valence-electron chi connectivity index (χ3n) is 5.06. The van der Waals surface area contributed by atoms with Crippen LogP contribution in [0.2, 0.25) is 5.02 Å². The molecule has 0 radical (unpaired) electrons. The molecular weight excluding hydrogens is 584 g/mol. The Hall–Kier alpha value is -4.20. The van der Waals surface area contributed by atoms with Gasteiger partial charge in [-0.1, -0.05) is 36.0 Å². The number of nitrogens with one attached hydrogen (secondary N) is 1. The lowest BCUT2D eigenvalue weighted by atomic mass is 10.0. The quantitative estimate of drug-likeness (QED) is 0.211. The van der Waals surface area contributed by atoms with E-state index in [-0.39, 0.29) is 45.0 Å². The fourth-order valence-electron chi connectivity index (χ4n) is 3.11. The molecule has 1 atom stereocenters. The van der Waals surface area contributed by atoms with E-state index >= 15 is 0 Å². The van der Waals surface area contributed by atoms with Crippen molar-refractivity contribution in [2.24, 2.45) is 0 Å². The number of nitrogens with zero attached hydrogens (tertiary/aromatic N) is 2. The van der Waals surface area contributed by atoms with E-state index in [0.29, 0.717) is 0 Å². The second kappa shape index (κ2) is 11.9. The van der Waals surface area contributed by atoms with Gasteiger partial charge in [0.15, 0.2) is 17.0 Å². The van der Waals surface area contributed by atoms with Gasteiger partial charge >= 0.3 is 12.5 Å². The van der Waals surface area contributed by atoms with Gasteiger partial charge in [-0.05, 0) is 43.3 Å². The van der Waals surface area contributed by atoms with Crippen LogP contribution in [0.3, 0.4) is 0 Å². The molecule has 0 fully saturated rings. The predicted molar refractivity (Wildman–Crippen MR) is 135 cm³/mol. The van der Waals surface area contributed by atoms with E-state index in [4.69, 9.17) is 33.3 Å². The molecule has 14 heteroatoms. The molecule has 6 nitrogen and oxygen atoms in total. The zero-order chi connectivity index (χ0) is 29.7. The van der Waals surface area contributed by atoms with E-state index in [9.17, 15) is 36.9 Å². The summed E-state index contributed by atoms with van der Waals surface area (Å²) in [7, 11) is 0. The van der Waals surface area contributed by atoms with E-state index in [2.05, 4.69) is 10.1 Å². The number of rotatable bonds is 8. The lowest BCUT2D eigenvalue weighted by Crippen LogP contribution is -2.49. The molecule has 0 heterocycles. The van der Waals surface area contributed by atoms with Crippen molar-refractivity contribution in [3.8, 4) is 35.1 Å². The number of ether oxygens (including phenoxy) is 3. The number of hydrogen-bond donors (Lipinski definition) is 1. The van der Waals surface area contributed by atoms with Crippen LogP contribution in [0.25, 0.3) is 0 Å². The van der Waals surface area contributed by atoms with Crippen molar-refractivity contribution in [3.05, 3.63) is 82.4 Å². The summed E-state index contributed by atoms with van der Waals surface area (Å²) in [6.45, 7) is 1.05.